The van der Waals surface area contributed by atoms with Crippen molar-refractivity contribution < 1.29 is 9.47 Å². The van der Waals surface area contributed by atoms with Crippen LogP contribution < -0.4 is 16.0 Å². The van der Waals surface area contributed by atoms with Gasteiger partial charge in [0, 0.05) is 13.2 Å². The summed E-state index contributed by atoms with van der Waals surface area (Å²) in [5.74, 6) is 7.11. The Labute approximate surface area is 121 Å². The van der Waals surface area contributed by atoms with Crippen LogP contribution in [0.4, 0.5) is 5.82 Å². The number of rotatable bonds is 5. The number of nitrogens with zero attached hydrogens (tertiary/aromatic N) is 2. The molecule has 0 amide bonds. The lowest BCUT2D eigenvalue weighted by Crippen LogP contribution is -2.11. The number of aryl methyl sites for hydroxylation is 1. The van der Waals surface area contributed by atoms with E-state index in [1.54, 1.807) is 19.2 Å². The first-order valence-corrected chi connectivity index (χ1v) is 6.27. The minimum atomic E-state index is 0.257. The van der Waals surface area contributed by atoms with E-state index in [1.165, 1.54) is 0 Å². The fraction of sp³-hybridized carbons (Fsp3) is 0.231. The number of ether oxygens (including phenoxy) is 2. The fourth-order valence-corrected chi connectivity index (χ4v) is 1.87. The van der Waals surface area contributed by atoms with Gasteiger partial charge in [0.25, 0.3) is 0 Å². The highest BCUT2D eigenvalue weighted by molar-refractivity contribution is 6.32. The number of nitrogens with one attached hydrogen (secondary N) is 1. The molecule has 20 heavy (non-hydrogen) atoms. The molecule has 0 aliphatic carbocycles. The Morgan fingerprint density at radius 1 is 1.30 bits per heavy atom. The van der Waals surface area contributed by atoms with Crippen molar-refractivity contribution in [2.24, 2.45) is 5.84 Å². The third-order valence-electron chi connectivity index (χ3n) is 2.47. The molecule has 6 nitrogen and oxygen atoms in total. The van der Waals surface area contributed by atoms with E-state index in [1.807, 2.05) is 19.1 Å². The van der Waals surface area contributed by atoms with Gasteiger partial charge in [0.1, 0.15) is 18.2 Å². The van der Waals surface area contributed by atoms with Crippen molar-refractivity contribution in [2.75, 3.05) is 12.5 Å². The minimum absolute atomic E-state index is 0.257. The molecule has 1 aromatic heterocycles. The summed E-state index contributed by atoms with van der Waals surface area (Å²) < 4.78 is 10.7. The van der Waals surface area contributed by atoms with Crippen molar-refractivity contribution in [3.05, 3.63) is 40.7 Å². The number of hydrogen-bond acceptors (Lipinski definition) is 6. The van der Waals surface area contributed by atoms with Gasteiger partial charge < -0.3 is 14.9 Å². The molecule has 0 spiro atoms. The van der Waals surface area contributed by atoms with Gasteiger partial charge in [-0.1, -0.05) is 17.7 Å². The average Bonchev–Trinajstić information content (AvgIpc) is 2.42. The molecule has 0 saturated heterocycles. The number of aromatic nitrogens is 2. The molecule has 106 valence electrons. The summed E-state index contributed by atoms with van der Waals surface area (Å²) in [4.78, 5) is 8.35. The predicted octanol–water partition coefficient (Wildman–Crippen LogP) is 2.66. The third kappa shape index (κ3) is 3.57. The Balaban J connectivity index is 2.29. The number of benzene rings is 1. The number of anilines is 1. The molecule has 1 heterocycles. The lowest BCUT2D eigenvalue weighted by Gasteiger charge is -2.10. The zero-order chi connectivity index (χ0) is 14.5. The molecule has 0 fully saturated rings. The molecule has 0 radical (unpaired) electrons. The summed E-state index contributed by atoms with van der Waals surface area (Å²) in [6.07, 6.45) is 0. The van der Waals surface area contributed by atoms with Gasteiger partial charge in [-0.2, -0.15) is 4.98 Å². The molecule has 1 aromatic carbocycles. The van der Waals surface area contributed by atoms with Gasteiger partial charge in [-0.3, -0.25) is 0 Å². The molecule has 0 bridgehead atoms. The first-order chi connectivity index (χ1) is 9.62. The van der Waals surface area contributed by atoms with E-state index < -0.39 is 0 Å². The third-order valence-corrected chi connectivity index (χ3v) is 2.77. The van der Waals surface area contributed by atoms with Crippen molar-refractivity contribution in [1.29, 1.82) is 0 Å². The summed E-state index contributed by atoms with van der Waals surface area (Å²) in [7, 11) is 1.56. The number of nitrogen functional groups attached to an aromatic ring is 1. The van der Waals surface area contributed by atoms with E-state index in [0.717, 1.165) is 5.56 Å². The molecule has 2 aromatic rings. The first kappa shape index (κ1) is 14.5. The Morgan fingerprint density at radius 3 is 2.75 bits per heavy atom. The zero-order valence-corrected chi connectivity index (χ0v) is 11.9. The Bertz CT molecular complexity index is 607. The minimum Gasteiger partial charge on any atom is -0.437 e. The quantitative estimate of drug-likeness (QED) is 0.652. The van der Waals surface area contributed by atoms with E-state index in [4.69, 9.17) is 26.9 Å². The molecular formula is C13H15ClN4O2. The van der Waals surface area contributed by atoms with Crippen molar-refractivity contribution >= 4 is 17.4 Å². The van der Waals surface area contributed by atoms with Crippen LogP contribution in [0.5, 0.6) is 11.6 Å². The van der Waals surface area contributed by atoms with E-state index in [2.05, 4.69) is 15.4 Å². The van der Waals surface area contributed by atoms with Gasteiger partial charge in [-0.15, -0.1) is 0 Å². The highest BCUT2D eigenvalue weighted by Crippen LogP contribution is 2.29. The van der Waals surface area contributed by atoms with E-state index in [0.29, 0.717) is 28.3 Å². The summed E-state index contributed by atoms with van der Waals surface area (Å²) in [6, 6.07) is 7.08. The smallest absolute Gasteiger partial charge is 0.224 e. The molecule has 3 N–H and O–H groups in total. The Hall–Kier alpha value is -1.89. The molecule has 0 aliphatic heterocycles. The van der Waals surface area contributed by atoms with Crippen molar-refractivity contribution in [2.45, 2.75) is 13.5 Å². The molecular weight excluding hydrogens is 280 g/mol. The maximum atomic E-state index is 6.12. The van der Waals surface area contributed by atoms with Crippen LogP contribution in [0.15, 0.2) is 24.3 Å². The predicted molar refractivity (Wildman–Crippen MR) is 76.8 cm³/mol. The summed E-state index contributed by atoms with van der Waals surface area (Å²) in [5.41, 5.74) is 3.51. The number of nitrogens with two attached hydrogens (primary N) is 1. The van der Waals surface area contributed by atoms with Gasteiger partial charge in [-0.05, 0) is 24.6 Å². The molecule has 7 heteroatoms. The molecule has 0 unspecified atom stereocenters. The Kier molecular flexibility index (Phi) is 4.73. The largest absolute Gasteiger partial charge is 0.437 e. The van der Waals surface area contributed by atoms with Gasteiger partial charge in [-0.25, -0.2) is 10.8 Å². The standard InChI is InChI=1S/C13H15ClN4O2/c1-8-3-4-10(9(14)5-8)20-13-6-11(18-15)16-12(17-13)7-19-2/h3-6H,7,15H2,1-2H3,(H,16,17,18). The van der Waals surface area contributed by atoms with Crippen LogP contribution in [0, 0.1) is 6.92 Å². The second-order valence-electron chi connectivity index (χ2n) is 4.12. The summed E-state index contributed by atoms with van der Waals surface area (Å²) in [6.45, 7) is 2.21. The first-order valence-electron chi connectivity index (χ1n) is 5.90. The van der Waals surface area contributed by atoms with E-state index in [-0.39, 0.29) is 6.61 Å². The van der Waals surface area contributed by atoms with Crippen LogP contribution in [0.3, 0.4) is 0 Å². The van der Waals surface area contributed by atoms with Crippen molar-refractivity contribution in [3.63, 3.8) is 0 Å². The Morgan fingerprint density at radius 2 is 2.10 bits per heavy atom. The van der Waals surface area contributed by atoms with E-state index in [9.17, 15) is 0 Å². The molecule has 0 aliphatic rings. The second kappa shape index (κ2) is 6.51. The second-order valence-corrected chi connectivity index (χ2v) is 4.53. The number of methoxy groups -OCH3 is 1. The van der Waals surface area contributed by atoms with Crippen molar-refractivity contribution in [3.8, 4) is 11.6 Å². The fourth-order valence-electron chi connectivity index (χ4n) is 1.59. The zero-order valence-electron chi connectivity index (χ0n) is 11.2. The topological polar surface area (TPSA) is 82.3 Å². The highest BCUT2D eigenvalue weighted by atomic mass is 35.5. The maximum Gasteiger partial charge on any atom is 0.224 e. The van der Waals surface area contributed by atoms with Crippen LogP contribution in [-0.4, -0.2) is 17.1 Å². The molecule has 0 atom stereocenters. The number of hydrogen-bond donors (Lipinski definition) is 2. The van der Waals surface area contributed by atoms with Gasteiger partial charge in [0.05, 0.1) is 5.02 Å². The van der Waals surface area contributed by atoms with Crippen LogP contribution in [0.25, 0.3) is 0 Å². The number of halogens is 1. The van der Waals surface area contributed by atoms with Gasteiger partial charge >= 0.3 is 0 Å². The van der Waals surface area contributed by atoms with Gasteiger partial charge in [0.2, 0.25) is 5.88 Å². The lowest BCUT2D eigenvalue weighted by molar-refractivity contribution is 0.177. The van der Waals surface area contributed by atoms with E-state index >= 15 is 0 Å². The summed E-state index contributed by atoms with van der Waals surface area (Å²) >= 11 is 6.12. The van der Waals surface area contributed by atoms with Crippen LogP contribution in [0.2, 0.25) is 5.02 Å². The van der Waals surface area contributed by atoms with Crippen LogP contribution in [-0.2, 0) is 11.3 Å². The number of hydrazine groups is 1. The summed E-state index contributed by atoms with van der Waals surface area (Å²) in [5, 5.41) is 0.513. The lowest BCUT2D eigenvalue weighted by atomic mass is 10.2. The monoisotopic (exact) mass is 294 g/mol. The normalized spacial score (nSPS) is 10.4. The molecule has 0 saturated carbocycles. The maximum absolute atomic E-state index is 6.12. The highest BCUT2D eigenvalue weighted by Gasteiger charge is 2.08. The average molecular weight is 295 g/mol. The van der Waals surface area contributed by atoms with Gasteiger partial charge in [0.15, 0.2) is 5.82 Å². The van der Waals surface area contributed by atoms with Crippen LogP contribution in [0.1, 0.15) is 11.4 Å². The molecule has 2 rings (SSSR count). The van der Waals surface area contributed by atoms with Crippen LogP contribution >= 0.6 is 11.6 Å². The van der Waals surface area contributed by atoms with Crippen molar-refractivity contribution in [1.82, 2.24) is 9.97 Å². The SMILES string of the molecule is COCc1nc(NN)cc(Oc2ccc(C)cc2Cl)n1.